The second kappa shape index (κ2) is 9.01. The molecule has 0 spiro atoms. The van der Waals surface area contributed by atoms with Gasteiger partial charge in [-0.05, 0) is 47.4 Å². The molecule has 0 N–H and O–H groups in total. The topological polar surface area (TPSA) is 52.6 Å². The van der Waals surface area contributed by atoms with Gasteiger partial charge in [-0.15, -0.1) is 0 Å². The van der Waals surface area contributed by atoms with Crippen molar-refractivity contribution in [2.24, 2.45) is 0 Å². The molecule has 0 atom stereocenters. The van der Waals surface area contributed by atoms with Crippen LogP contribution in [-0.2, 0) is 20.9 Å². The molecule has 0 radical (unpaired) electrons. The lowest BCUT2D eigenvalue weighted by Crippen LogP contribution is -2.30. The Balaban J connectivity index is 1.45. The first-order chi connectivity index (χ1) is 17.1. The van der Waals surface area contributed by atoms with Gasteiger partial charge in [-0.2, -0.15) is 0 Å². The van der Waals surface area contributed by atoms with Crippen LogP contribution in [0.5, 0.6) is 5.75 Å². The summed E-state index contributed by atoms with van der Waals surface area (Å²) in [6.07, 6.45) is 3.86. The summed E-state index contributed by atoms with van der Waals surface area (Å²) >= 11 is 6.47. The molecule has 0 saturated heterocycles. The van der Waals surface area contributed by atoms with Crippen molar-refractivity contribution in [3.05, 3.63) is 99.5 Å². The quantitative estimate of drug-likeness (QED) is 0.393. The fourth-order valence-corrected chi connectivity index (χ4v) is 5.76. The number of hydrogen-bond acceptors (Lipinski definition) is 4. The Bertz CT molecular complexity index is 1380. The summed E-state index contributed by atoms with van der Waals surface area (Å²) in [4.78, 5) is 26.3. The van der Waals surface area contributed by atoms with Crippen LogP contribution in [0.4, 0.5) is 0 Å². The fourth-order valence-electron chi connectivity index (χ4n) is 5.58. The van der Waals surface area contributed by atoms with Gasteiger partial charge in [-0.25, -0.2) is 0 Å². The van der Waals surface area contributed by atoms with Gasteiger partial charge < -0.3 is 9.47 Å². The molecule has 1 heterocycles. The molecule has 0 unspecified atom stereocenters. The molecule has 0 amide bonds. The highest BCUT2D eigenvalue weighted by Crippen LogP contribution is 2.50. The molecule has 0 fully saturated rings. The van der Waals surface area contributed by atoms with Crippen LogP contribution in [0.3, 0.4) is 0 Å². The SMILES string of the molecule is O=C1CCCC2=C1C(c1cc(Cl)ccc1OCc1cccc3ccccc13)C1=C(CCCC1=O)O2. The predicted molar refractivity (Wildman–Crippen MR) is 135 cm³/mol. The number of ketones is 2. The third-order valence-electron chi connectivity index (χ3n) is 7.19. The van der Waals surface area contributed by atoms with E-state index >= 15 is 0 Å². The van der Waals surface area contributed by atoms with E-state index < -0.39 is 5.92 Å². The highest BCUT2D eigenvalue weighted by atomic mass is 35.5. The molecular weight excluding hydrogens is 460 g/mol. The number of ether oxygens (including phenoxy) is 2. The van der Waals surface area contributed by atoms with Crippen molar-refractivity contribution in [3.63, 3.8) is 0 Å². The average Bonchev–Trinajstić information content (AvgIpc) is 2.87. The maximum absolute atomic E-state index is 13.2. The molecule has 176 valence electrons. The number of allylic oxidation sites excluding steroid dienone is 4. The second-order valence-electron chi connectivity index (χ2n) is 9.37. The van der Waals surface area contributed by atoms with Gasteiger partial charge >= 0.3 is 0 Å². The van der Waals surface area contributed by atoms with E-state index in [1.54, 1.807) is 6.07 Å². The van der Waals surface area contributed by atoms with E-state index in [-0.39, 0.29) is 11.6 Å². The lowest BCUT2D eigenvalue weighted by molar-refractivity contribution is -0.117. The zero-order chi connectivity index (χ0) is 23.9. The van der Waals surface area contributed by atoms with Gasteiger partial charge in [0.05, 0.1) is 5.92 Å². The summed E-state index contributed by atoms with van der Waals surface area (Å²) in [7, 11) is 0. The fraction of sp³-hybridized carbons (Fsp3) is 0.267. The van der Waals surface area contributed by atoms with E-state index in [4.69, 9.17) is 21.1 Å². The second-order valence-corrected chi connectivity index (χ2v) is 9.81. The maximum atomic E-state index is 13.2. The van der Waals surface area contributed by atoms with Gasteiger partial charge in [-0.3, -0.25) is 9.59 Å². The van der Waals surface area contributed by atoms with Crippen molar-refractivity contribution in [1.29, 1.82) is 0 Å². The minimum atomic E-state index is -0.504. The van der Waals surface area contributed by atoms with Crippen LogP contribution in [-0.4, -0.2) is 11.6 Å². The van der Waals surface area contributed by atoms with Crippen LogP contribution in [0.25, 0.3) is 10.8 Å². The summed E-state index contributed by atoms with van der Waals surface area (Å²) < 4.78 is 12.6. The van der Waals surface area contributed by atoms with E-state index in [0.29, 0.717) is 65.7 Å². The first kappa shape index (κ1) is 22.1. The largest absolute Gasteiger partial charge is 0.489 e. The molecule has 2 aliphatic carbocycles. The number of benzene rings is 3. The number of halogens is 1. The number of rotatable bonds is 4. The van der Waals surface area contributed by atoms with E-state index in [0.717, 1.165) is 34.7 Å². The van der Waals surface area contributed by atoms with Gasteiger partial charge in [0.1, 0.15) is 23.9 Å². The van der Waals surface area contributed by atoms with Crippen LogP contribution in [0.1, 0.15) is 55.6 Å². The molecular formula is C30H25ClO4. The minimum Gasteiger partial charge on any atom is -0.489 e. The molecule has 0 aromatic heterocycles. The molecule has 3 aromatic rings. The molecule has 0 bridgehead atoms. The van der Waals surface area contributed by atoms with Crippen molar-refractivity contribution >= 4 is 33.9 Å². The third-order valence-corrected chi connectivity index (χ3v) is 7.42. The summed E-state index contributed by atoms with van der Waals surface area (Å²) in [6, 6.07) is 19.9. The smallest absolute Gasteiger partial charge is 0.163 e. The highest BCUT2D eigenvalue weighted by molar-refractivity contribution is 6.30. The zero-order valence-electron chi connectivity index (χ0n) is 19.3. The van der Waals surface area contributed by atoms with E-state index in [2.05, 4.69) is 24.3 Å². The summed E-state index contributed by atoms with van der Waals surface area (Å²) in [5.74, 6) is 1.63. The number of Topliss-reactive ketones (excluding diaryl/α,β-unsaturated/α-hetero) is 2. The monoisotopic (exact) mass is 484 g/mol. The predicted octanol–water partition coefficient (Wildman–Crippen LogP) is 7.20. The highest BCUT2D eigenvalue weighted by Gasteiger charge is 2.42. The lowest BCUT2D eigenvalue weighted by atomic mass is 9.73. The Morgan fingerprint density at radius 3 is 2.26 bits per heavy atom. The van der Waals surface area contributed by atoms with Crippen molar-refractivity contribution in [1.82, 2.24) is 0 Å². The van der Waals surface area contributed by atoms with E-state index in [9.17, 15) is 9.59 Å². The Morgan fingerprint density at radius 2 is 1.51 bits per heavy atom. The lowest BCUT2D eigenvalue weighted by Gasteiger charge is -2.36. The number of hydrogen-bond donors (Lipinski definition) is 0. The Labute approximate surface area is 209 Å². The molecule has 1 aliphatic heterocycles. The van der Waals surface area contributed by atoms with E-state index in [1.165, 1.54) is 0 Å². The summed E-state index contributed by atoms with van der Waals surface area (Å²) in [5, 5.41) is 2.83. The maximum Gasteiger partial charge on any atom is 0.163 e. The molecule has 0 saturated carbocycles. The zero-order valence-corrected chi connectivity index (χ0v) is 20.1. The summed E-state index contributed by atoms with van der Waals surface area (Å²) in [5.41, 5.74) is 3.02. The molecule has 35 heavy (non-hydrogen) atoms. The van der Waals surface area contributed by atoms with Gasteiger partial charge in [0.25, 0.3) is 0 Å². The molecule has 3 aliphatic rings. The third kappa shape index (κ3) is 3.96. The van der Waals surface area contributed by atoms with E-state index in [1.807, 2.05) is 30.3 Å². The normalized spacial score (nSPS) is 18.4. The molecule has 5 heteroatoms. The number of carbonyl (C=O) groups excluding carboxylic acids is 2. The Morgan fingerprint density at radius 1 is 0.829 bits per heavy atom. The standard InChI is InChI=1S/C30H25ClO4/c31-20-14-15-25(34-17-19-8-3-7-18-6-1-2-9-21(18)19)22(16-20)28-29-23(32)10-4-12-26(29)35-27-13-5-11-24(33)30(27)28/h1-3,6-9,14-16,28H,4-5,10-13,17H2. The average molecular weight is 485 g/mol. The van der Waals surface area contributed by atoms with Crippen LogP contribution in [0, 0.1) is 0 Å². The molecule has 6 rings (SSSR count). The van der Waals surface area contributed by atoms with Gasteiger partial charge in [-0.1, -0.05) is 54.1 Å². The van der Waals surface area contributed by atoms with Crippen molar-refractivity contribution in [2.45, 2.75) is 51.0 Å². The van der Waals surface area contributed by atoms with Crippen LogP contribution >= 0.6 is 11.6 Å². The number of carbonyl (C=O) groups is 2. The first-order valence-corrected chi connectivity index (χ1v) is 12.6. The molecule has 3 aromatic carbocycles. The van der Waals surface area contributed by atoms with Crippen LogP contribution in [0.15, 0.2) is 83.3 Å². The summed E-state index contributed by atoms with van der Waals surface area (Å²) in [6.45, 7) is 0.360. The Kier molecular flexibility index (Phi) is 5.69. The van der Waals surface area contributed by atoms with Crippen LogP contribution in [0.2, 0.25) is 5.02 Å². The van der Waals surface area contributed by atoms with Crippen molar-refractivity contribution in [3.8, 4) is 5.75 Å². The van der Waals surface area contributed by atoms with Crippen molar-refractivity contribution < 1.29 is 19.1 Å². The van der Waals surface area contributed by atoms with Gasteiger partial charge in [0.15, 0.2) is 11.6 Å². The first-order valence-electron chi connectivity index (χ1n) is 12.2. The number of fused-ring (bicyclic) bond motifs is 1. The van der Waals surface area contributed by atoms with Gasteiger partial charge in [0.2, 0.25) is 0 Å². The van der Waals surface area contributed by atoms with Crippen LogP contribution < -0.4 is 4.74 Å². The van der Waals surface area contributed by atoms with Crippen molar-refractivity contribution in [2.75, 3.05) is 0 Å². The minimum absolute atomic E-state index is 0.0427. The Hall–Kier alpha value is -3.37. The van der Waals surface area contributed by atoms with Gasteiger partial charge in [0, 0.05) is 47.4 Å². The molecule has 4 nitrogen and oxygen atoms in total.